The van der Waals surface area contributed by atoms with Gasteiger partial charge in [-0.05, 0) is 12.5 Å². The normalized spacial score (nSPS) is 12.8. The van der Waals surface area contributed by atoms with E-state index in [1.807, 2.05) is 31.2 Å². The summed E-state index contributed by atoms with van der Waals surface area (Å²) in [4.78, 5) is 0. The Morgan fingerprint density at radius 1 is 1.33 bits per heavy atom. The van der Waals surface area contributed by atoms with E-state index in [4.69, 9.17) is 0 Å². The molecule has 2 nitrogen and oxygen atoms in total. The molecule has 12 heavy (non-hydrogen) atoms. The highest BCUT2D eigenvalue weighted by molar-refractivity contribution is 7.79. The van der Waals surface area contributed by atoms with Crippen LogP contribution in [0.2, 0.25) is 0 Å². The number of rotatable bonds is 3. The zero-order valence-corrected chi connectivity index (χ0v) is 8.06. The Morgan fingerprint density at radius 2 is 1.92 bits per heavy atom. The van der Waals surface area contributed by atoms with Crippen LogP contribution in [0.4, 0.5) is 0 Å². The van der Waals surface area contributed by atoms with Crippen molar-refractivity contribution >= 4 is 11.1 Å². The van der Waals surface area contributed by atoms with Crippen molar-refractivity contribution in [2.75, 3.05) is 7.11 Å². The Hall–Kier alpha value is -0.670. The van der Waals surface area contributed by atoms with Crippen LogP contribution in [-0.4, -0.2) is 11.3 Å². The minimum atomic E-state index is -1.18. The van der Waals surface area contributed by atoms with Gasteiger partial charge in [-0.15, -0.1) is 0 Å². The Bertz CT molecular complexity index is 266. The van der Waals surface area contributed by atoms with Crippen LogP contribution < -0.4 is 0 Å². The number of hydrogen-bond donors (Lipinski definition) is 0. The minimum absolute atomic E-state index is 0.469. The average molecular weight is 184 g/mol. The lowest BCUT2D eigenvalue weighted by Gasteiger charge is -1.99. The fourth-order valence-electron chi connectivity index (χ4n) is 0.879. The lowest BCUT2D eigenvalue weighted by molar-refractivity contribution is 0.445. The van der Waals surface area contributed by atoms with E-state index in [9.17, 15) is 4.21 Å². The lowest BCUT2D eigenvalue weighted by atomic mass is 10.2. The summed E-state index contributed by atoms with van der Waals surface area (Å²) in [5.74, 6) is 0.469. The molecular weight excluding hydrogens is 172 g/mol. The summed E-state index contributed by atoms with van der Waals surface area (Å²) in [6, 6.07) is 7.93. The van der Waals surface area contributed by atoms with Gasteiger partial charge in [0.05, 0.1) is 12.9 Å². The zero-order chi connectivity index (χ0) is 8.97. The predicted molar refractivity (Wildman–Crippen MR) is 50.0 cm³/mol. The van der Waals surface area contributed by atoms with Gasteiger partial charge < -0.3 is 0 Å². The van der Waals surface area contributed by atoms with E-state index in [1.165, 1.54) is 12.7 Å². The van der Waals surface area contributed by atoms with Gasteiger partial charge >= 0.3 is 0 Å². The van der Waals surface area contributed by atoms with E-state index >= 15 is 0 Å². The largest absolute Gasteiger partial charge is 0.294 e. The highest BCUT2D eigenvalue weighted by Crippen LogP contribution is 2.05. The van der Waals surface area contributed by atoms with Gasteiger partial charge in [-0.25, -0.2) is 4.21 Å². The molecule has 0 aliphatic rings. The van der Waals surface area contributed by atoms with Gasteiger partial charge in [-0.2, -0.15) is 0 Å². The third kappa shape index (κ3) is 2.75. The lowest BCUT2D eigenvalue weighted by Crippen LogP contribution is -1.96. The molecule has 1 unspecified atom stereocenters. The second-order valence-electron chi connectivity index (χ2n) is 2.60. The standard InChI is InChI=1S/C9H12O2S/c1-8-3-5-9(6-4-8)7-12(10)11-2/h3-6H,7H2,1-2H3. The second-order valence-corrected chi connectivity index (χ2v) is 3.83. The van der Waals surface area contributed by atoms with Gasteiger partial charge in [0.2, 0.25) is 0 Å². The molecule has 0 saturated carbocycles. The molecule has 0 spiro atoms. The van der Waals surface area contributed by atoms with Gasteiger partial charge in [-0.1, -0.05) is 29.8 Å². The second kappa shape index (κ2) is 4.38. The fraction of sp³-hybridized carbons (Fsp3) is 0.333. The highest BCUT2D eigenvalue weighted by Gasteiger charge is 1.98. The van der Waals surface area contributed by atoms with Gasteiger partial charge in [0.1, 0.15) is 0 Å². The fourth-order valence-corrected chi connectivity index (χ4v) is 1.46. The van der Waals surface area contributed by atoms with Crippen LogP contribution in [0.3, 0.4) is 0 Å². The van der Waals surface area contributed by atoms with Gasteiger partial charge in [-0.3, -0.25) is 4.18 Å². The molecule has 0 heterocycles. The van der Waals surface area contributed by atoms with Gasteiger partial charge in [0.25, 0.3) is 0 Å². The van der Waals surface area contributed by atoms with E-state index in [0.717, 1.165) is 5.56 Å². The summed E-state index contributed by atoms with van der Waals surface area (Å²) >= 11 is -1.18. The first-order valence-corrected chi connectivity index (χ1v) is 4.95. The molecule has 0 N–H and O–H groups in total. The molecule has 0 aliphatic heterocycles. The van der Waals surface area contributed by atoms with E-state index in [1.54, 1.807) is 0 Å². The van der Waals surface area contributed by atoms with Crippen LogP contribution >= 0.6 is 0 Å². The van der Waals surface area contributed by atoms with Crippen molar-refractivity contribution in [1.29, 1.82) is 0 Å². The third-order valence-corrected chi connectivity index (χ3v) is 2.53. The summed E-state index contributed by atoms with van der Waals surface area (Å²) in [5, 5.41) is 0. The molecule has 0 aliphatic carbocycles. The maximum Gasteiger partial charge on any atom is 0.159 e. The van der Waals surface area contributed by atoms with Crippen molar-refractivity contribution in [1.82, 2.24) is 0 Å². The first-order valence-electron chi connectivity index (χ1n) is 3.71. The summed E-state index contributed by atoms with van der Waals surface area (Å²) in [6.07, 6.45) is 0. The molecule has 1 aromatic carbocycles. The Morgan fingerprint density at radius 3 is 2.42 bits per heavy atom. The van der Waals surface area contributed by atoms with Gasteiger partial charge in [0, 0.05) is 0 Å². The first-order chi connectivity index (χ1) is 5.72. The van der Waals surface area contributed by atoms with Crippen LogP contribution in [0.15, 0.2) is 24.3 Å². The molecule has 1 rings (SSSR count). The van der Waals surface area contributed by atoms with Crippen molar-refractivity contribution in [2.45, 2.75) is 12.7 Å². The van der Waals surface area contributed by atoms with Crippen molar-refractivity contribution in [3.63, 3.8) is 0 Å². The van der Waals surface area contributed by atoms with Crippen LogP contribution in [0.1, 0.15) is 11.1 Å². The monoisotopic (exact) mass is 184 g/mol. The summed E-state index contributed by atoms with van der Waals surface area (Å²) in [6.45, 7) is 2.02. The predicted octanol–water partition coefficient (Wildman–Crippen LogP) is 1.81. The molecule has 1 atom stereocenters. The van der Waals surface area contributed by atoms with Crippen LogP contribution in [0.5, 0.6) is 0 Å². The molecular formula is C9H12O2S. The smallest absolute Gasteiger partial charge is 0.159 e. The molecule has 0 aromatic heterocycles. The van der Waals surface area contributed by atoms with E-state index < -0.39 is 11.1 Å². The summed E-state index contributed by atoms with van der Waals surface area (Å²) in [5.41, 5.74) is 2.25. The zero-order valence-electron chi connectivity index (χ0n) is 7.24. The molecule has 0 bridgehead atoms. The van der Waals surface area contributed by atoms with E-state index in [-0.39, 0.29) is 0 Å². The van der Waals surface area contributed by atoms with Crippen molar-refractivity contribution in [2.24, 2.45) is 0 Å². The Kier molecular flexibility index (Phi) is 3.44. The maximum atomic E-state index is 11.0. The molecule has 0 amide bonds. The third-order valence-electron chi connectivity index (χ3n) is 1.59. The molecule has 0 saturated heterocycles. The van der Waals surface area contributed by atoms with Crippen LogP contribution in [0.25, 0.3) is 0 Å². The van der Waals surface area contributed by atoms with Crippen molar-refractivity contribution < 1.29 is 8.39 Å². The first kappa shape index (κ1) is 9.42. The Labute approximate surface area is 75.2 Å². The number of benzene rings is 1. The number of aryl methyl sites for hydroxylation is 1. The van der Waals surface area contributed by atoms with E-state index in [0.29, 0.717) is 5.75 Å². The van der Waals surface area contributed by atoms with E-state index in [2.05, 4.69) is 4.18 Å². The maximum absolute atomic E-state index is 11.0. The SMILES string of the molecule is COS(=O)Cc1ccc(C)cc1. The van der Waals surface area contributed by atoms with Gasteiger partial charge in [0.15, 0.2) is 11.1 Å². The van der Waals surface area contributed by atoms with Crippen LogP contribution in [0, 0.1) is 6.92 Å². The Balaban J connectivity index is 2.64. The number of hydrogen-bond acceptors (Lipinski definition) is 2. The minimum Gasteiger partial charge on any atom is -0.294 e. The van der Waals surface area contributed by atoms with Crippen LogP contribution in [-0.2, 0) is 21.0 Å². The molecule has 1 aromatic rings. The molecule has 66 valence electrons. The summed E-state index contributed by atoms with van der Waals surface area (Å²) < 4.78 is 15.6. The van der Waals surface area contributed by atoms with Crippen molar-refractivity contribution in [3.05, 3.63) is 35.4 Å². The topological polar surface area (TPSA) is 26.3 Å². The quantitative estimate of drug-likeness (QED) is 0.716. The molecule has 0 fully saturated rings. The summed E-state index contributed by atoms with van der Waals surface area (Å²) in [7, 11) is 1.45. The molecule has 3 heteroatoms. The highest BCUT2D eigenvalue weighted by atomic mass is 32.2. The average Bonchev–Trinajstić information content (AvgIpc) is 2.09. The van der Waals surface area contributed by atoms with Crippen molar-refractivity contribution in [3.8, 4) is 0 Å². The molecule has 0 radical (unpaired) electrons.